The van der Waals surface area contributed by atoms with E-state index in [1.54, 1.807) is 7.11 Å². The van der Waals surface area contributed by atoms with Crippen molar-refractivity contribution in [3.05, 3.63) is 11.2 Å². The molecule has 0 aliphatic heterocycles. The summed E-state index contributed by atoms with van der Waals surface area (Å²) in [6.45, 7) is 2.26. The van der Waals surface area contributed by atoms with E-state index in [4.69, 9.17) is 15.0 Å². The Morgan fingerprint density at radius 1 is 1.40 bits per heavy atom. The first-order valence-corrected chi connectivity index (χ1v) is 7.61. The summed E-state index contributed by atoms with van der Waals surface area (Å²) in [5.41, 5.74) is 5.83. The smallest absolute Gasteiger partial charge is 0.277 e. The second-order valence-electron chi connectivity index (χ2n) is 5.38. The lowest BCUT2D eigenvalue weighted by Crippen LogP contribution is -2.34. The quantitative estimate of drug-likeness (QED) is 0.936. The lowest BCUT2D eigenvalue weighted by atomic mass is 9.79. The van der Waals surface area contributed by atoms with Crippen LogP contribution in [0.1, 0.15) is 38.4 Å². The fourth-order valence-electron chi connectivity index (χ4n) is 2.65. The molecule has 0 amide bonds. The first-order chi connectivity index (χ1) is 9.63. The van der Waals surface area contributed by atoms with Crippen molar-refractivity contribution in [1.29, 1.82) is 0 Å². The van der Waals surface area contributed by atoms with Crippen LogP contribution in [0.25, 0.3) is 11.6 Å². The van der Waals surface area contributed by atoms with Gasteiger partial charge in [0.15, 0.2) is 5.13 Å². The van der Waals surface area contributed by atoms with Crippen molar-refractivity contribution in [2.24, 2.45) is 5.92 Å². The highest BCUT2D eigenvalue weighted by Crippen LogP contribution is 2.41. The van der Waals surface area contributed by atoms with E-state index in [0.29, 0.717) is 22.5 Å². The minimum absolute atomic E-state index is 0.406. The molecule has 0 radical (unpaired) electrons. The molecular formula is C13H18N4O2S. The van der Waals surface area contributed by atoms with Gasteiger partial charge in [0, 0.05) is 12.5 Å². The van der Waals surface area contributed by atoms with Crippen molar-refractivity contribution >= 4 is 16.5 Å². The summed E-state index contributed by atoms with van der Waals surface area (Å²) in [5, 5.41) is 6.41. The molecule has 1 aliphatic carbocycles. The molecule has 20 heavy (non-hydrogen) atoms. The molecule has 0 atom stereocenters. The summed E-state index contributed by atoms with van der Waals surface area (Å²) < 4.78 is 11.1. The normalized spacial score (nSPS) is 26.8. The van der Waals surface area contributed by atoms with E-state index >= 15 is 0 Å². The standard InChI is InChI=1S/C13H18N4O2S/c1-8-3-5-13(18-2,6-4-8)11-16-10(19-17-11)9-7-20-12(14)15-9/h7-8H,3-6H2,1-2H3,(H2,14,15). The molecule has 7 heteroatoms. The number of aromatic nitrogens is 3. The summed E-state index contributed by atoms with van der Waals surface area (Å²) in [6, 6.07) is 0. The molecule has 2 aromatic heterocycles. The van der Waals surface area contributed by atoms with Gasteiger partial charge in [-0.25, -0.2) is 4.98 Å². The molecule has 2 N–H and O–H groups in total. The van der Waals surface area contributed by atoms with Crippen molar-refractivity contribution in [3.8, 4) is 11.6 Å². The Morgan fingerprint density at radius 2 is 2.15 bits per heavy atom. The Labute approximate surface area is 121 Å². The Morgan fingerprint density at radius 3 is 2.75 bits per heavy atom. The average Bonchev–Trinajstić information content (AvgIpc) is 3.09. The summed E-state index contributed by atoms with van der Waals surface area (Å²) in [4.78, 5) is 8.63. The molecule has 1 saturated carbocycles. The number of ether oxygens (including phenoxy) is 1. The van der Waals surface area contributed by atoms with E-state index in [1.807, 2.05) is 5.38 Å². The van der Waals surface area contributed by atoms with E-state index in [0.717, 1.165) is 31.6 Å². The minimum atomic E-state index is -0.421. The van der Waals surface area contributed by atoms with Crippen molar-refractivity contribution in [1.82, 2.24) is 15.1 Å². The van der Waals surface area contributed by atoms with Crippen molar-refractivity contribution in [2.75, 3.05) is 12.8 Å². The van der Waals surface area contributed by atoms with Crippen LogP contribution in [0.3, 0.4) is 0 Å². The van der Waals surface area contributed by atoms with Crippen molar-refractivity contribution in [2.45, 2.75) is 38.2 Å². The highest BCUT2D eigenvalue weighted by atomic mass is 32.1. The third kappa shape index (κ3) is 2.31. The van der Waals surface area contributed by atoms with Crippen LogP contribution in [-0.4, -0.2) is 22.2 Å². The zero-order chi connectivity index (χ0) is 14.2. The van der Waals surface area contributed by atoms with Gasteiger partial charge in [-0.3, -0.25) is 0 Å². The van der Waals surface area contributed by atoms with E-state index in [2.05, 4.69) is 22.0 Å². The highest BCUT2D eigenvalue weighted by molar-refractivity contribution is 7.13. The van der Waals surface area contributed by atoms with Crippen LogP contribution in [0, 0.1) is 5.92 Å². The summed E-state index contributed by atoms with van der Waals surface area (Å²) >= 11 is 1.36. The Bertz CT molecular complexity index is 587. The van der Waals surface area contributed by atoms with Gasteiger partial charge in [-0.05, 0) is 31.6 Å². The predicted octanol–water partition coefficient (Wildman–Crippen LogP) is 2.83. The number of methoxy groups -OCH3 is 1. The Hall–Kier alpha value is -1.47. The van der Waals surface area contributed by atoms with Gasteiger partial charge in [-0.1, -0.05) is 12.1 Å². The van der Waals surface area contributed by atoms with Crippen molar-refractivity contribution < 1.29 is 9.26 Å². The van der Waals surface area contributed by atoms with Gasteiger partial charge < -0.3 is 15.0 Å². The van der Waals surface area contributed by atoms with E-state index in [9.17, 15) is 0 Å². The molecule has 2 heterocycles. The first kappa shape index (κ1) is 13.5. The first-order valence-electron chi connectivity index (χ1n) is 6.74. The number of thiazole rings is 1. The van der Waals surface area contributed by atoms with Crippen LogP contribution in [0.4, 0.5) is 5.13 Å². The van der Waals surface area contributed by atoms with Crippen LogP contribution in [0.2, 0.25) is 0 Å². The van der Waals surface area contributed by atoms with Gasteiger partial charge in [0.2, 0.25) is 5.82 Å². The van der Waals surface area contributed by atoms with Crippen LogP contribution in [0.5, 0.6) is 0 Å². The van der Waals surface area contributed by atoms with Crippen LogP contribution < -0.4 is 5.73 Å². The molecule has 108 valence electrons. The second kappa shape index (κ2) is 5.14. The lowest BCUT2D eigenvalue weighted by Gasteiger charge is -2.35. The number of hydrogen-bond donors (Lipinski definition) is 1. The van der Waals surface area contributed by atoms with E-state index < -0.39 is 5.60 Å². The van der Waals surface area contributed by atoms with Gasteiger partial charge >= 0.3 is 0 Å². The van der Waals surface area contributed by atoms with Gasteiger partial charge in [0.25, 0.3) is 5.89 Å². The number of rotatable bonds is 3. The number of nitrogens with two attached hydrogens (primary N) is 1. The molecule has 3 rings (SSSR count). The topological polar surface area (TPSA) is 87.1 Å². The molecule has 0 saturated heterocycles. The number of hydrogen-bond acceptors (Lipinski definition) is 7. The summed E-state index contributed by atoms with van der Waals surface area (Å²) in [6.07, 6.45) is 4.06. The van der Waals surface area contributed by atoms with Gasteiger partial charge in [0.1, 0.15) is 11.3 Å². The minimum Gasteiger partial charge on any atom is -0.375 e. The Kier molecular flexibility index (Phi) is 3.47. The van der Waals surface area contributed by atoms with Crippen LogP contribution in [-0.2, 0) is 10.3 Å². The zero-order valence-electron chi connectivity index (χ0n) is 11.6. The zero-order valence-corrected chi connectivity index (χ0v) is 12.4. The largest absolute Gasteiger partial charge is 0.375 e. The van der Waals surface area contributed by atoms with Crippen LogP contribution >= 0.6 is 11.3 Å². The molecule has 0 unspecified atom stereocenters. The summed E-state index contributed by atoms with van der Waals surface area (Å²) in [5.74, 6) is 1.75. The molecule has 1 aliphatic rings. The maximum Gasteiger partial charge on any atom is 0.277 e. The molecule has 0 bridgehead atoms. The fraction of sp³-hybridized carbons (Fsp3) is 0.615. The third-order valence-corrected chi connectivity index (χ3v) is 4.72. The van der Waals surface area contributed by atoms with E-state index in [1.165, 1.54) is 11.3 Å². The van der Waals surface area contributed by atoms with E-state index in [-0.39, 0.29) is 0 Å². The van der Waals surface area contributed by atoms with Gasteiger partial charge in [-0.2, -0.15) is 4.98 Å². The highest BCUT2D eigenvalue weighted by Gasteiger charge is 2.40. The lowest BCUT2D eigenvalue weighted by molar-refractivity contribution is -0.0609. The maximum absolute atomic E-state index is 5.74. The summed E-state index contributed by atoms with van der Waals surface area (Å²) in [7, 11) is 1.72. The fourth-order valence-corrected chi connectivity index (χ4v) is 3.18. The molecule has 0 spiro atoms. The molecule has 1 fully saturated rings. The van der Waals surface area contributed by atoms with Crippen molar-refractivity contribution in [3.63, 3.8) is 0 Å². The third-order valence-electron chi connectivity index (χ3n) is 4.05. The predicted molar refractivity (Wildman–Crippen MR) is 76.1 cm³/mol. The monoisotopic (exact) mass is 294 g/mol. The molecule has 2 aromatic rings. The van der Waals surface area contributed by atoms with Crippen LogP contribution in [0.15, 0.2) is 9.90 Å². The second-order valence-corrected chi connectivity index (χ2v) is 6.26. The molecular weight excluding hydrogens is 276 g/mol. The average molecular weight is 294 g/mol. The number of nitrogens with zero attached hydrogens (tertiary/aromatic N) is 3. The van der Waals surface area contributed by atoms with Gasteiger partial charge in [-0.15, -0.1) is 11.3 Å². The molecule has 6 nitrogen and oxygen atoms in total. The number of nitrogen functional groups attached to an aromatic ring is 1. The number of anilines is 1. The van der Waals surface area contributed by atoms with Gasteiger partial charge in [0.05, 0.1) is 0 Å². The Balaban J connectivity index is 1.88. The maximum atomic E-state index is 5.74. The molecule has 0 aromatic carbocycles. The SMILES string of the molecule is COC1(c2noc(-c3csc(N)n3)n2)CCC(C)CC1.